The maximum atomic E-state index is 11.0. The minimum atomic E-state index is -0.143. The van der Waals surface area contributed by atoms with Crippen LogP contribution < -0.4 is 5.69 Å². The van der Waals surface area contributed by atoms with E-state index in [0.717, 1.165) is 11.0 Å². The van der Waals surface area contributed by atoms with Gasteiger partial charge in [0, 0.05) is 18.4 Å². The topological polar surface area (TPSA) is 66.5 Å². The minimum Gasteiger partial charge on any atom is -0.335 e. The van der Waals surface area contributed by atoms with Gasteiger partial charge in [-0.15, -0.1) is 0 Å². The number of hydrogen-bond donors (Lipinski definition) is 2. The highest BCUT2D eigenvalue weighted by molar-refractivity contribution is 5.75. The molecule has 5 heteroatoms. The molecule has 0 saturated carbocycles. The maximum absolute atomic E-state index is 11.0. The van der Waals surface area contributed by atoms with Crippen LogP contribution in [-0.2, 0) is 0 Å². The van der Waals surface area contributed by atoms with Crippen molar-refractivity contribution in [2.75, 3.05) is 0 Å². The van der Waals surface area contributed by atoms with E-state index < -0.39 is 0 Å². The van der Waals surface area contributed by atoms with E-state index in [-0.39, 0.29) is 5.69 Å². The molecule has 1 aromatic carbocycles. The summed E-state index contributed by atoms with van der Waals surface area (Å²) in [5.74, 6) is 0.489. The lowest BCUT2D eigenvalue weighted by Crippen LogP contribution is -1.99. The molecule has 3 rings (SSSR count). The van der Waals surface area contributed by atoms with Crippen molar-refractivity contribution < 1.29 is 0 Å². The highest BCUT2D eigenvalue weighted by Crippen LogP contribution is 2.17. The third-order valence-corrected chi connectivity index (χ3v) is 3.33. The molecule has 0 radical (unpaired) electrons. The maximum Gasteiger partial charge on any atom is 0.323 e. The molecule has 23 heavy (non-hydrogen) atoms. The van der Waals surface area contributed by atoms with Crippen molar-refractivity contribution in [2.45, 2.75) is 53.5 Å². The predicted octanol–water partition coefficient (Wildman–Crippen LogP) is 4.47. The molecule has 0 saturated heterocycles. The Morgan fingerprint density at radius 1 is 1.04 bits per heavy atom. The molecule has 0 spiro atoms. The summed E-state index contributed by atoms with van der Waals surface area (Å²) in [7, 11) is 0. The van der Waals surface area contributed by atoms with Gasteiger partial charge in [-0.05, 0) is 37.5 Å². The van der Waals surface area contributed by atoms with Gasteiger partial charge in [-0.2, -0.15) is 0 Å². The number of fused-ring (bicyclic) bond motifs is 1. The summed E-state index contributed by atoms with van der Waals surface area (Å²) in [4.78, 5) is 20.3. The smallest absolute Gasteiger partial charge is 0.323 e. The van der Waals surface area contributed by atoms with Gasteiger partial charge in [-0.1, -0.05) is 33.8 Å². The van der Waals surface area contributed by atoms with Gasteiger partial charge in [-0.25, -0.2) is 9.78 Å². The number of aromatic nitrogens is 4. The summed E-state index contributed by atoms with van der Waals surface area (Å²) < 4.78 is 2.06. The van der Waals surface area contributed by atoms with E-state index in [1.807, 2.05) is 44.6 Å². The second kappa shape index (κ2) is 8.98. The third-order valence-electron chi connectivity index (χ3n) is 3.33. The first-order chi connectivity index (χ1) is 11.0. The van der Waals surface area contributed by atoms with Crippen LogP contribution in [0.25, 0.3) is 11.0 Å². The van der Waals surface area contributed by atoms with Crippen molar-refractivity contribution in [2.24, 2.45) is 0 Å². The summed E-state index contributed by atoms with van der Waals surface area (Å²) in [6.07, 6.45) is 5.58. The number of nitrogens with one attached hydrogen (secondary N) is 2. The Balaban J connectivity index is 0.000000228. The normalized spacial score (nSPS) is 10.3. The van der Waals surface area contributed by atoms with Gasteiger partial charge < -0.3 is 14.5 Å². The van der Waals surface area contributed by atoms with Gasteiger partial charge in [0.15, 0.2) is 0 Å². The number of nitrogens with zero attached hydrogens (tertiary/aromatic N) is 2. The molecule has 0 aliphatic heterocycles. The lowest BCUT2D eigenvalue weighted by molar-refractivity contribution is 0.600. The molecule has 2 aromatic heterocycles. The second-order valence-corrected chi connectivity index (χ2v) is 5.64. The molecule has 126 valence electrons. The Bertz CT molecular complexity index is 736. The van der Waals surface area contributed by atoms with E-state index in [4.69, 9.17) is 0 Å². The van der Waals surface area contributed by atoms with Crippen molar-refractivity contribution in [3.8, 4) is 0 Å². The first-order valence-corrected chi connectivity index (χ1v) is 8.16. The molecule has 0 bridgehead atoms. The van der Waals surface area contributed by atoms with Gasteiger partial charge in [0.1, 0.15) is 0 Å². The van der Waals surface area contributed by atoms with Crippen LogP contribution in [0.4, 0.5) is 0 Å². The summed E-state index contributed by atoms with van der Waals surface area (Å²) in [5, 5.41) is 0. The molecule has 0 fully saturated rings. The van der Waals surface area contributed by atoms with Crippen LogP contribution in [-0.4, -0.2) is 19.5 Å². The quantitative estimate of drug-likeness (QED) is 0.732. The molecule has 3 aromatic rings. The molecule has 0 atom stereocenters. The highest BCUT2D eigenvalue weighted by Gasteiger charge is 2.02. The van der Waals surface area contributed by atoms with Gasteiger partial charge in [0.2, 0.25) is 0 Å². The number of aromatic amines is 2. The van der Waals surface area contributed by atoms with Crippen molar-refractivity contribution >= 4 is 11.0 Å². The van der Waals surface area contributed by atoms with Crippen molar-refractivity contribution in [3.63, 3.8) is 0 Å². The van der Waals surface area contributed by atoms with Gasteiger partial charge >= 0.3 is 5.69 Å². The lowest BCUT2D eigenvalue weighted by Gasteiger charge is -2.03. The van der Waals surface area contributed by atoms with Gasteiger partial charge in [0.25, 0.3) is 0 Å². The van der Waals surface area contributed by atoms with Crippen molar-refractivity contribution in [1.82, 2.24) is 19.5 Å². The van der Waals surface area contributed by atoms with Crippen LogP contribution in [0.2, 0.25) is 0 Å². The van der Waals surface area contributed by atoms with Crippen LogP contribution in [0.3, 0.4) is 0 Å². The molecular weight excluding hydrogens is 288 g/mol. The molecule has 2 heterocycles. The minimum absolute atomic E-state index is 0.143. The first-order valence-electron chi connectivity index (χ1n) is 8.16. The van der Waals surface area contributed by atoms with E-state index in [1.54, 1.807) is 6.20 Å². The summed E-state index contributed by atoms with van der Waals surface area (Å²) in [6.45, 7) is 12.5. The largest absolute Gasteiger partial charge is 0.335 e. The highest BCUT2D eigenvalue weighted by atomic mass is 16.1. The average Bonchev–Trinajstić information content (AvgIpc) is 3.17. The zero-order chi connectivity index (χ0) is 17.4. The fourth-order valence-electron chi connectivity index (χ4n) is 1.98. The van der Waals surface area contributed by atoms with Crippen LogP contribution in [0.5, 0.6) is 0 Å². The molecule has 2 N–H and O–H groups in total. The molecule has 0 amide bonds. The Labute approximate surface area is 137 Å². The summed E-state index contributed by atoms with van der Waals surface area (Å²) in [6, 6.07) is 6.52. The fourth-order valence-corrected chi connectivity index (χ4v) is 1.98. The summed E-state index contributed by atoms with van der Waals surface area (Å²) in [5.41, 5.74) is 2.85. The SMILES string of the molecule is CC.CC(C)c1ccc2[nH]c(=O)[nH]c2c1.CC(C)n1ccnc1. The Hall–Kier alpha value is -2.30. The van der Waals surface area contributed by atoms with E-state index in [1.165, 1.54) is 5.56 Å². The van der Waals surface area contributed by atoms with E-state index in [0.29, 0.717) is 12.0 Å². The Kier molecular flexibility index (Phi) is 7.32. The number of H-pyrrole nitrogens is 2. The lowest BCUT2D eigenvalue weighted by atomic mass is 10.0. The number of benzene rings is 1. The van der Waals surface area contributed by atoms with E-state index in [2.05, 4.69) is 47.2 Å². The number of imidazole rings is 2. The first kappa shape index (κ1) is 18.7. The molecule has 0 unspecified atom stereocenters. The van der Waals surface area contributed by atoms with Crippen LogP contribution in [0.15, 0.2) is 41.7 Å². The zero-order valence-electron chi connectivity index (χ0n) is 14.9. The number of hydrogen-bond acceptors (Lipinski definition) is 2. The van der Waals surface area contributed by atoms with E-state index >= 15 is 0 Å². The monoisotopic (exact) mass is 316 g/mol. The molecule has 0 aliphatic rings. The van der Waals surface area contributed by atoms with Crippen LogP contribution in [0, 0.1) is 0 Å². The predicted molar refractivity (Wildman–Crippen MR) is 97.0 cm³/mol. The van der Waals surface area contributed by atoms with Crippen LogP contribution in [0.1, 0.15) is 59.1 Å². The van der Waals surface area contributed by atoms with Gasteiger partial charge in [0.05, 0.1) is 17.4 Å². The van der Waals surface area contributed by atoms with E-state index in [9.17, 15) is 4.79 Å². The summed E-state index contributed by atoms with van der Waals surface area (Å²) >= 11 is 0. The molecule has 5 nitrogen and oxygen atoms in total. The van der Waals surface area contributed by atoms with Crippen molar-refractivity contribution in [3.05, 3.63) is 53.0 Å². The third kappa shape index (κ3) is 5.43. The standard InChI is InChI=1S/C10H12N2O.C6H10N2.C2H6/c1-6(2)7-3-4-8-9(5-7)12-10(13)11-8;1-6(2)8-4-3-7-5-8;1-2/h3-6H,1-2H3,(H2,11,12,13);3-6H,1-2H3;1-2H3. The average molecular weight is 316 g/mol. The Morgan fingerprint density at radius 2 is 1.70 bits per heavy atom. The zero-order valence-corrected chi connectivity index (χ0v) is 14.9. The Morgan fingerprint density at radius 3 is 2.17 bits per heavy atom. The van der Waals surface area contributed by atoms with Crippen molar-refractivity contribution in [1.29, 1.82) is 0 Å². The number of rotatable bonds is 2. The second-order valence-electron chi connectivity index (χ2n) is 5.64. The van der Waals surface area contributed by atoms with Gasteiger partial charge in [-0.3, -0.25) is 0 Å². The fraction of sp³-hybridized carbons (Fsp3) is 0.444. The molecular formula is C18H28N4O. The molecule has 0 aliphatic carbocycles. The van der Waals surface area contributed by atoms with Crippen LogP contribution >= 0.6 is 0 Å².